The van der Waals surface area contributed by atoms with Crippen molar-refractivity contribution in [1.82, 2.24) is 10.3 Å². The van der Waals surface area contributed by atoms with E-state index in [1.807, 2.05) is 12.3 Å². The van der Waals surface area contributed by atoms with Crippen molar-refractivity contribution >= 4 is 0 Å². The Balaban J connectivity index is 2.15. The van der Waals surface area contributed by atoms with E-state index in [0.717, 1.165) is 31.8 Å². The van der Waals surface area contributed by atoms with Crippen molar-refractivity contribution in [3.05, 3.63) is 29.6 Å². The molecular weight excluding hydrogens is 252 g/mol. The molecule has 0 fully saturated rings. The van der Waals surface area contributed by atoms with Crippen molar-refractivity contribution in [2.45, 2.75) is 40.3 Å². The minimum atomic E-state index is 0.551. The lowest BCUT2D eigenvalue weighted by molar-refractivity contribution is 0.0397. The summed E-state index contributed by atoms with van der Waals surface area (Å²) in [4.78, 5) is 4.40. The van der Waals surface area contributed by atoms with E-state index in [9.17, 15) is 0 Å². The maximum Gasteiger partial charge on any atom is 0.0889 e. The molecule has 0 aliphatic rings. The Morgan fingerprint density at radius 3 is 2.60 bits per heavy atom. The molecule has 0 radical (unpaired) electrons. The third-order valence-electron chi connectivity index (χ3n) is 2.74. The van der Waals surface area contributed by atoms with Gasteiger partial charge in [0.15, 0.2) is 0 Å². The van der Waals surface area contributed by atoms with Crippen LogP contribution in [0.25, 0.3) is 0 Å². The Labute approximate surface area is 122 Å². The zero-order chi connectivity index (χ0) is 14.6. The largest absolute Gasteiger partial charge is 0.379 e. The van der Waals surface area contributed by atoms with E-state index in [0.29, 0.717) is 25.7 Å². The van der Waals surface area contributed by atoms with E-state index in [2.05, 4.69) is 37.1 Å². The van der Waals surface area contributed by atoms with Crippen LogP contribution in [0.15, 0.2) is 18.3 Å². The van der Waals surface area contributed by atoms with Gasteiger partial charge in [0, 0.05) is 19.3 Å². The summed E-state index contributed by atoms with van der Waals surface area (Å²) < 4.78 is 10.9. The van der Waals surface area contributed by atoms with E-state index in [-0.39, 0.29) is 0 Å². The molecule has 1 rings (SSSR count). The van der Waals surface area contributed by atoms with Crippen LogP contribution >= 0.6 is 0 Å². The predicted molar refractivity (Wildman–Crippen MR) is 81.5 cm³/mol. The molecule has 0 aliphatic heterocycles. The van der Waals surface area contributed by atoms with Gasteiger partial charge in [-0.05, 0) is 30.5 Å². The van der Waals surface area contributed by atoms with Crippen LogP contribution in [0.3, 0.4) is 0 Å². The summed E-state index contributed by atoms with van der Waals surface area (Å²) in [6.45, 7) is 11.0. The summed E-state index contributed by atoms with van der Waals surface area (Å²) in [5, 5.41) is 3.40. The number of nitrogens with zero attached hydrogens (tertiary/aromatic N) is 1. The monoisotopic (exact) mass is 280 g/mol. The minimum Gasteiger partial charge on any atom is -0.379 e. The molecule has 0 amide bonds. The van der Waals surface area contributed by atoms with Gasteiger partial charge in [0.05, 0.1) is 25.5 Å². The van der Waals surface area contributed by atoms with Crippen LogP contribution in [-0.2, 0) is 22.6 Å². The van der Waals surface area contributed by atoms with Gasteiger partial charge in [-0.15, -0.1) is 0 Å². The van der Waals surface area contributed by atoms with Crippen molar-refractivity contribution in [2.75, 3.05) is 26.4 Å². The summed E-state index contributed by atoms with van der Waals surface area (Å²) in [7, 11) is 0. The minimum absolute atomic E-state index is 0.551. The molecule has 4 heteroatoms. The van der Waals surface area contributed by atoms with Crippen LogP contribution < -0.4 is 5.32 Å². The molecule has 114 valence electrons. The number of rotatable bonds is 11. The first-order valence-electron chi connectivity index (χ1n) is 7.52. The van der Waals surface area contributed by atoms with Gasteiger partial charge >= 0.3 is 0 Å². The summed E-state index contributed by atoms with van der Waals surface area (Å²) in [6.07, 6.45) is 2.97. The van der Waals surface area contributed by atoms with Gasteiger partial charge in [-0.2, -0.15) is 0 Å². The summed E-state index contributed by atoms with van der Waals surface area (Å²) in [6, 6.07) is 4.13. The third-order valence-corrected chi connectivity index (χ3v) is 2.74. The summed E-state index contributed by atoms with van der Waals surface area (Å²) >= 11 is 0. The maximum atomic E-state index is 5.52. The van der Waals surface area contributed by atoms with Gasteiger partial charge in [-0.25, -0.2) is 0 Å². The molecule has 0 saturated carbocycles. The molecule has 20 heavy (non-hydrogen) atoms. The quantitative estimate of drug-likeness (QED) is 0.633. The molecule has 0 aromatic carbocycles. The molecule has 0 unspecified atom stereocenters. The first kappa shape index (κ1) is 17.1. The van der Waals surface area contributed by atoms with Gasteiger partial charge in [-0.1, -0.05) is 26.8 Å². The van der Waals surface area contributed by atoms with Crippen molar-refractivity contribution in [2.24, 2.45) is 5.92 Å². The van der Waals surface area contributed by atoms with Crippen molar-refractivity contribution < 1.29 is 9.47 Å². The highest BCUT2D eigenvalue weighted by atomic mass is 16.5. The van der Waals surface area contributed by atoms with Gasteiger partial charge in [0.25, 0.3) is 0 Å². The second-order valence-electron chi connectivity index (χ2n) is 5.35. The standard InChI is InChI=1S/C16H28N2O2/c1-4-7-19-8-9-20-13-16-6-5-15(12-18-16)11-17-10-14(2)3/h5-6,12,14,17H,4,7-11,13H2,1-3H3. The second kappa shape index (κ2) is 10.8. The third kappa shape index (κ3) is 8.25. The van der Waals surface area contributed by atoms with E-state index in [4.69, 9.17) is 9.47 Å². The number of pyridine rings is 1. The molecule has 0 aliphatic carbocycles. The van der Waals surface area contributed by atoms with Gasteiger partial charge in [-0.3, -0.25) is 4.98 Å². The summed E-state index contributed by atoms with van der Waals surface area (Å²) in [5.74, 6) is 0.672. The van der Waals surface area contributed by atoms with Crippen molar-refractivity contribution in [3.8, 4) is 0 Å². The zero-order valence-corrected chi connectivity index (χ0v) is 13.0. The average Bonchev–Trinajstić information content (AvgIpc) is 2.44. The van der Waals surface area contributed by atoms with Crippen LogP contribution in [-0.4, -0.2) is 31.3 Å². The van der Waals surface area contributed by atoms with E-state index >= 15 is 0 Å². The Morgan fingerprint density at radius 1 is 1.15 bits per heavy atom. The first-order valence-corrected chi connectivity index (χ1v) is 7.52. The fourth-order valence-electron chi connectivity index (χ4n) is 1.69. The molecule has 4 nitrogen and oxygen atoms in total. The van der Waals surface area contributed by atoms with Crippen LogP contribution in [0.4, 0.5) is 0 Å². The van der Waals surface area contributed by atoms with Crippen LogP contribution in [0.1, 0.15) is 38.4 Å². The summed E-state index contributed by atoms with van der Waals surface area (Å²) in [5.41, 5.74) is 2.17. The van der Waals surface area contributed by atoms with Gasteiger partial charge in [0.1, 0.15) is 0 Å². The Hall–Kier alpha value is -0.970. The van der Waals surface area contributed by atoms with Crippen LogP contribution in [0, 0.1) is 5.92 Å². The van der Waals surface area contributed by atoms with Gasteiger partial charge < -0.3 is 14.8 Å². The topological polar surface area (TPSA) is 43.4 Å². The molecule has 0 atom stereocenters. The number of nitrogens with one attached hydrogen (secondary N) is 1. The first-order chi connectivity index (χ1) is 9.72. The molecule has 0 bridgehead atoms. The Morgan fingerprint density at radius 2 is 1.95 bits per heavy atom. The lowest BCUT2D eigenvalue weighted by atomic mass is 10.2. The van der Waals surface area contributed by atoms with Crippen LogP contribution in [0.5, 0.6) is 0 Å². The fraction of sp³-hybridized carbons (Fsp3) is 0.688. The normalized spacial score (nSPS) is 11.2. The van der Waals surface area contributed by atoms with E-state index in [1.165, 1.54) is 5.56 Å². The number of hydrogen-bond donors (Lipinski definition) is 1. The second-order valence-corrected chi connectivity index (χ2v) is 5.35. The molecule has 1 aromatic rings. The highest BCUT2D eigenvalue weighted by Gasteiger charge is 1.98. The average molecular weight is 280 g/mol. The predicted octanol–water partition coefficient (Wildman–Crippen LogP) is 2.77. The van der Waals surface area contributed by atoms with Gasteiger partial charge in [0.2, 0.25) is 0 Å². The molecular formula is C16H28N2O2. The highest BCUT2D eigenvalue weighted by Crippen LogP contribution is 2.02. The fourth-order valence-corrected chi connectivity index (χ4v) is 1.69. The Bertz CT molecular complexity index is 339. The lowest BCUT2D eigenvalue weighted by Crippen LogP contribution is -2.19. The Kier molecular flexibility index (Phi) is 9.20. The lowest BCUT2D eigenvalue weighted by Gasteiger charge is -2.08. The van der Waals surface area contributed by atoms with E-state index in [1.54, 1.807) is 0 Å². The van der Waals surface area contributed by atoms with E-state index < -0.39 is 0 Å². The highest BCUT2D eigenvalue weighted by molar-refractivity contribution is 5.13. The van der Waals surface area contributed by atoms with Crippen molar-refractivity contribution in [3.63, 3.8) is 0 Å². The number of ether oxygens (including phenoxy) is 2. The number of hydrogen-bond acceptors (Lipinski definition) is 4. The SMILES string of the molecule is CCCOCCOCc1ccc(CNCC(C)C)cn1. The molecule has 0 spiro atoms. The number of aromatic nitrogens is 1. The van der Waals surface area contributed by atoms with Crippen molar-refractivity contribution in [1.29, 1.82) is 0 Å². The molecule has 1 N–H and O–H groups in total. The maximum absolute atomic E-state index is 5.52. The molecule has 1 heterocycles. The van der Waals surface area contributed by atoms with Crippen LogP contribution in [0.2, 0.25) is 0 Å². The molecule has 0 saturated heterocycles. The molecule has 1 aromatic heterocycles. The smallest absolute Gasteiger partial charge is 0.0889 e. The zero-order valence-electron chi connectivity index (χ0n) is 13.0.